The molecule has 3 rings (SSSR count). The zero-order chi connectivity index (χ0) is 22.8. The fourth-order valence-electron chi connectivity index (χ4n) is 3.11. The zero-order valence-electron chi connectivity index (χ0n) is 17.1. The van der Waals surface area contributed by atoms with E-state index in [9.17, 15) is 18.9 Å². The standard InChI is InChI=1S/C17H22N5O8P/c1-4-28-31(26,29-5-2)8-27-14-11(30-9(3)23)6-10(13(14)24)22-7-19-12-15(22)20-17(18)21-16(12)25/h7,10H,4-6,8H2,1-3H3,(H3,18,20,21,25)/t10-/m0/s1. The van der Waals surface area contributed by atoms with Crippen molar-refractivity contribution in [2.75, 3.05) is 25.3 Å². The van der Waals surface area contributed by atoms with Crippen molar-refractivity contribution in [3.05, 3.63) is 28.2 Å². The number of nitrogens with one attached hydrogen (secondary N) is 1. The number of rotatable bonds is 9. The van der Waals surface area contributed by atoms with Gasteiger partial charge in [-0.2, -0.15) is 4.98 Å². The number of ketones is 1. The molecule has 14 heteroatoms. The molecule has 0 aromatic carbocycles. The van der Waals surface area contributed by atoms with E-state index >= 15 is 0 Å². The topological polar surface area (TPSA) is 178 Å². The van der Waals surface area contributed by atoms with E-state index in [1.165, 1.54) is 17.8 Å². The molecule has 2 heterocycles. The number of ether oxygens (including phenoxy) is 2. The lowest BCUT2D eigenvalue weighted by Gasteiger charge is -2.18. The average Bonchev–Trinajstić information content (AvgIpc) is 3.21. The number of nitrogen functional groups attached to an aromatic ring is 1. The molecule has 0 fully saturated rings. The number of aromatic nitrogens is 4. The molecule has 2 aromatic heterocycles. The molecule has 0 amide bonds. The van der Waals surface area contributed by atoms with Crippen molar-refractivity contribution in [3.8, 4) is 0 Å². The molecule has 0 spiro atoms. The van der Waals surface area contributed by atoms with Gasteiger partial charge in [0, 0.05) is 13.3 Å². The molecular formula is C17H22N5O8P. The van der Waals surface area contributed by atoms with Gasteiger partial charge in [-0.3, -0.25) is 23.9 Å². The van der Waals surface area contributed by atoms with Crippen LogP contribution in [0.4, 0.5) is 5.95 Å². The maximum Gasteiger partial charge on any atom is 0.367 e. The molecule has 2 aromatic rings. The van der Waals surface area contributed by atoms with Crippen molar-refractivity contribution in [1.29, 1.82) is 0 Å². The molecule has 1 aliphatic carbocycles. The number of allylic oxidation sites excluding steroid dienone is 2. The maximum absolute atomic E-state index is 13.1. The van der Waals surface area contributed by atoms with Gasteiger partial charge in [0.1, 0.15) is 6.04 Å². The lowest BCUT2D eigenvalue weighted by Crippen LogP contribution is -2.19. The highest BCUT2D eigenvalue weighted by Gasteiger charge is 2.40. The van der Waals surface area contributed by atoms with Gasteiger partial charge >= 0.3 is 13.6 Å². The first-order chi connectivity index (χ1) is 14.7. The third kappa shape index (κ3) is 4.68. The minimum Gasteiger partial charge on any atom is -0.474 e. The number of hydrogen-bond acceptors (Lipinski definition) is 11. The van der Waals surface area contributed by atoms with Crippen LogP contribution in [0.1, 0.15) is 33.2 Å². The second-order valence-electron chi connectivity index (χ2n) is 6.43. The summed E-state index contributed by atoms with van der Waals surface area (Å²) in [4.78, 5) is 47.0. The van der Waals surface area contributed by atoms with Crippen LogP contribution in [0.15, 0.2) is 22.6 Å². The molecule has 1 aliphatic rings. The van der Waals surface area contributed by atoms with Gasteiger partial charge in [-0.15, -0.1) is 0 Å². The molecule has 0 aliphatic heterocycles. The molecule has 1 atom stereocenters. The van der Waals surface area contributed by atoms with Gasteiger partial charge in [0.05, 0.1) is 19.5 Å². The van der Waals surface area contributed by atoms with E-state index in [1.807, 2.05) is 0 Å². The fourth-order valence-corrected chi connectivity index (χ4v) is 4.41. The number of carbonyl (C=O) groups is 2. The largest absolute Gasteiger partial charge is 0.474 e. The van der Waals surface area contributed by atoms with Gasteiger partial charge in [-0.1, -0.05) is 0 Å². The Morgan fingerprint density at radius 1 is 1.32 bits per heavy atom. The summed E-state index contributed by atoms with van der Waals surface area (Å²) in [5.74, 6) is -1.75. The summed E-state index contributed by atoms with van der Waals surface area (Å²) in [7, 11) is -3.63. The van der Waals surface area contributed by atoms with Crippen LogP contribution in [0.25, 0.3) is 11.2 Å². The third-order valence-corrected chi connectivity index (χ3v) is 5.98. The number of hydrogen-bond donors (Lipinski definition) is 2. The Bertz CT molecular complexity index is 1140. The van der Waals surface area contributed by atoms with Crippen LogP contribution in [0.3, 0.4) is 0 Å². The summed E-state index contributed by atoms with van der Waals surface area (Å²) >= 11 is 0. The van der Waals surface area contributed by atoms with Crippen LogP contribution < -0.4 is 11.3 Å². The molecule has 0 saturated carbocycles. The summed E-state index contributed by atoms with van der Waals surface area (Å²) in [6.07, 6.45) is 0.623. The SMILES string of the molecule is CCOP(=O)(COC1=C(OC(C)=O)C[C@H](n2cnc3c(=O)[nH]c(N)nc32)C1=O)OCC. The Morgan fingerprint density at radius 2 is 2.00 bits per heavy atom. The van der Waals surface area contributed by atoms with E-state index < -0.39 is 37.3 Å². The molecule has 3 N–H and O–H groups in total. The van der Waals surface area contributed by atoms with Crippen molar-refractivity contribution in [2.24, 2.45) is 0 Å². The lowest BCUT2D eigenvalue weighted by atomic mass is 10.2. The van der Waals surface area contributed by atoms with Crippen molar-refractivity contribution < 1.29 is 32.7 Å². The van der Waals surface area contributed by atoms with Crippen molar-refractivity contribution in [3.63, 3.8) is 0 Å². The number of esters is 1. The summed E-state index contributed by atoms with van der Waals surface area (Å²) in [5.41, 5.74) is 5.11. The summed E-state index contributed by atoms with van der Waals surface area (Å²) in [6, 6.07) is -0.971. The second-order valence-corrected chi connectivity index (χ2v) is 8.42. The Kier molecular flexibility index (Phi) is 6.58. The summed E-state index contributed by atoms with van der Waals surface area (Å²) in [6.45, 7) is 4.65. The molecule has 0 saturated heterocycles. The van der Waals surface area contributed by atoms with E-state index in [0.717, 1.165) is 0 Å². The number of Topliss-reactive ketones (excluding diaryl/α,β-unsaturated/α-hetero) is 1. The van der Waals surface area contributed by atoms with Crippen molar-refractivity contribution in [2.45, 2.75) is 33.2 Å². The third-order valence-electron chi connectivity index (χ3n) is 4.23. The maximum atomic E-state index is 13.1. The average molecular weight is 455 g/mol. The van der Waals surface area contributed by atoms with E-state index in [1.54, 1.807) is 13.8 Å². The molecule has 0 unspecified atom stereocenters. The van der Waals surface area contributed by atoms with Crippen LogP contribution >= 0.6 is 7.60 Å². The normalized spacial score (nSPS) is 16.9. The van der Waals surface area contributed by atoms with Gasteiger partial charge in [0.15, 0.2) is 23.3 Å². The van der Waals surface area contributed by atoms with E-state index in [-0.39, 0.29) is 48.3 Å². The highest BCUT2D eigenvalue weighted by atomic mass is 31.2. The first kappa shape index (κ1) is 22.7. The number of aromatic amines is 1. The Labute approximate surface area is 176 Å². The van der Waals surface area contributed by atoms with Gasteiger partial charge < -0.3 is 28.8 Å². The van der Waals surface area contributed by atoms with Crippen LogP contribution in [0.2, 0.25) is 0 Å². The van der Waals surface area contributed by atoms with Crippen LogP contribution in [-0.4, -0.2) is 50.8 Å². The number of H-pyrrole nitrogens is 1. The van der Waals surface area contributed by atoms with Gasteiger partial charge in [0.25, 0.3) is 5.56 Å². The van der Waals surface area contributed by atoms with Crippen molar-refractivity contribution in [1.82, 2.24) is 19.5 Å². The Morgan fingerprint density at radius 3 is 2.61 bits per heavy atom. The minimum absolute atomic E-state index is 0.0115. The number of fused-ring (bicyclic) bond motifs is 1. The highest BCUT2D eigenvalue weighted by Crippen LogP contribution is 2.49. The van der Waals surface area contributed by atoms with Crippen LogP contribution in [-0.2, 0) is 32.7 Å². The smallest absolute Gasteiger partial charge is 0.367 e. The second kappa shape index (κ2) is 9.00. The van der Waals surface area contributed by atoms with E-state index in [2.05, 4.69) is 15.0 Å². The number of imidazole rings is 1. The van der Waals surface area contributed by atoms with Gasteiger partial charge in [-0.25, -0.2) is 4.98 Å². The zero-order valence-corrected chi connectivity index (χ0v) is 18.0. The Balaban J connectivity index is 1.93. The molecule has 13 nitrogen and oxygen atoms in total. The van der Waals surface area contributed by atoms with E-state index in [4.69, 9.17) is 24.3 Å². The first-order valence-corrected chi connectivity index (χ1v) is 11.1. The van der Waals surface area contributed by atoms with Gasteiger partial charge in [0.2, 0.25) is 17.5 Å². The summed E-state index contributed by atoms with van der Waals surface area (Å²) in [5, 5.41) is 0. The predicted octanol–water partition coefficient (Wildman–Crippen LogP) is 1.23. The lowest BCUT2D eigenvalue weighted by molar-refractivity contribution is -0.137. The van der Waals surface area contributed by atoms with Crippen LogP contribution in [0.5, 0.6) is 0 Å². The molecular weight excluding hydrogens is 433 g/mol. The number of nitrogens with two attached hydrogens (primary N) is 1. The molecule has 0 radical (unpaired) electrons. The highest BCUT2D eigenvalue weighted by molar-refractivity contribution is 7.53. The monoisotopic (exact) mass is 455 g/mol. The van der Waals surface area contributed by atoms with Gasteiger partial charge in [-0.05, 0) is 13.8 Å². The Hall–Kier alpha value is -3.02. The summed E-state index contributed by atoms with van der Waals surface area (Å²) < 4.78 is 34.9. The quantitative estimate of drug-likeness (QED) is 0.410. The molecule has 168 valence electrons. The number of nitrogens with zero attached hydrogens (tertiary/aromatic N) is 3. The number of carbonyl (C=O) groups excluding carboxylic acids is 2. The molecule has 31 heavy (non-hydrogen) atoms. The fraction of sp³-hybridized carbons (Fsp3) is 0.471. The van der Waals surface area contributed by atoms with Crippen molar-refractivity contribution >= 4 is 36.5 Å². The van der Waals surface area contributed by atoms with E-state index in [0.29, 0.717) is 0 Å². The van der Waals surface area contributed by atoms with Crippen LogP contribution in [0, 0.1) is 0 Å². The predicted molar refractivity (Wildman–Crippen MR) is 107 cm³/mol. The number of anilines is 1. The first-order valence-electron chi connectivity index (χ1n) is 9.38. The minimum atomic E-state index is -3.63. The molecule has 0 bridgehead atoms.